The number of hydrogen-bond acceptors (Lipinski definition) is 7. The molecule has 0 aliphatic heterocycles. The highest BCUT2D eigenvalue weighted by Crippen LogP contribution is 2.25. The van der Waals surface area contributed by atoms with Gasteiger partial charge in [-0.15, -0.1) is 0 Å². The van der Waals surface area contributed by atoms with Crippen molar-refractivity contribution >= 4 is 23.2 Å². The number of nitro benzene ring substituents is 1. The number of nitrogens with one attached hydrogen (secondary N) is 3. The molecule has 0 heterocycles. The van der Waals surface area contributed by atoms with Gasteiger partial charge in [-0.05, 0) is 23.8 Å². The van der Waals surface area contributed by atoms with Crippen LogP contribution in [0.25, 0.3) is 0 Å². The van der Waals surface area contributed by atoms with Gasteiger partial charge in [0.15, 0.2) is 5.75 Å². The van der Waals surface area contributed by atoms with Gasteiger partial charge < -0.3 is 25.8 Å². The third kappa shape index (κ3) is 8.81. The van der Waals surface area contributed by atoms with E-state index in [1.807, 2.05) is 0 Å². The molecular weight excluding hydrogens is 404 g/mol. The Hall–Kier alpha value is -3.50. The Morgan fingerprint density at radius 3 is 2.52 bits per heavy atom. The van der Waals surface area contributed by atoms with Crippen LogP contribution in [0, 0.1) is 10.1 Å². The van der Waals surface area contributed by atoms with Gasteiger partial charge in [0.2, 0.25) is 11.8 Å². The number of para-hydroxylation sites is 2. The van der Waals surface area contributed by atoms with E-state index in [-0.39, 0.29) is 42.8 Å². The molecule has 166 valence electrons. The number of nitro groups is 1. The van der Waals surface area contributed by atoms with Crippen molar-refractivity contribution in [2.45, 2.75) is 19.4 Å². The highest BCUT2D eigenvalue weighted by molar-refractivity contribution is 5.88. The van der Waals surface area contributed by atoms with Crippen molar-refractivity contribution in [3.63, 3.8) is 0 Å². The second-order valence-electron chi connectivity index (χ2n) is 6.80. The Morgan fingerprint density at radius 2 is 1.84 bits per heavy atom. The zero-order valence-electron chi connectivity index (χ0n) is 17.2. The molecule has 0 saturated carbocycles. The molecule has 0 aliphatic rings. The summed E-state index contributed by atoms with van der Waals surface area (Å²) in [5.41, 5.74) is 1.34. The lowest BCUT2D eigenvalue weighted by Crippen LogP contribution is -2.37. The van der Waals surface area contributed by atoms with Crippen LogP contribution in [-0.2, 0) is 16.0 Å². The largest absolute Gasteiger partial charge is 0.484 e. The van der Waals surface area contributed by atoms with Gasteiger partial charge in [-0.1, -0.05) is 24.3 Å². The molecule has 10 heteroatoms. The molecule has 31 heavy (non-hydrogen) atoms. The first-order valence-corrected chi connectivity index (χ1v) is 9.73. The highest BCUT2D eigenvalue weighted by Gasteiger charge is 2.15. The summed E-state index contributed by atoms with van der Waals surface area (Å²) in [6.07, 6.45) is -0.648. The molecule has 0 radical (unpaired) electrons. The average molecular weight is 430 g/mol. The molecule has 0 bridgehead atoms. The molecule has 0 spiro atoms. The Bertz CT molecular complexity index is 888. The number of nitrogens with zero attached hydrogens (tertiary/aromatic N) is 1. The average Bonchev–Trinajstić information content (AvgIpc) is 2.73. The normalized spacial score (nSPS) is 11.4. The van der Waals surface area contributed by atoms with E-state index in [4.69, 9.17) is 4.74 Å². The number of rotatable bonds is 12. The second-order valence-corrected chi connectivity index (χ2v) is 6.80. The number of aliphatic hydroxyl groups is 1. The number of ether oxygens (including phenoxy) is 1. The van der Waals surface area contributed by atoms with Crippen LogP contribution in [0.1, 0.15) is 12.5 Å². The molecule has 2 amide bonds. The molecule has 1 unspecified atom stereocenters. The van der Waals surface area contributed by atoms with Crippen LogP contribution in [0.15, 0.2) is 48.5 Å². The van der Waals surface area contributed by atoms with Gasteiger partial charge in [-0.2, -0.15) is 0 Å². The van der Waals surface area contributed by atoms with Crippen LogP contribution in [-0.4, -0.2) is 54.2 Å². The summed E-state index contributed by atoms with van der Waals surface area (Å²) in [6, 6.07) is 13.0. The molecule has 0 aliphatic carbocycles. The van der Waals surface area contributed by atoms with E-state index < -0.39 is 11.0 Å². The first kappa shape index (κ1) is 23.8. The third-order valence-electron chi connectivity index (χ3n) is 4.14. The molecule has 10 nitrogen and oxygen atoms in total. The molecule has 0 fully saturated rings. The number of hydrogen-bond donors (Lipinski definition) is 4. The van der Waals surface area contributed by atoms with E-state index in [1.165, 1.54) is 25.1 Å². The fourth-order valence-corrected chi connectivity index (χ4v) is 2.69. The number of aliphatic hydroxyl groups excluding tert-OH is 1. The summed E-state index contributed by atoms with van der Waals surface area (Å²) in [5, 5.41) is 29.3. The van der Waals surface area contributed by atoms with Crippen molar-refractivity contribution in [1.82, 2.24) is 10.6 Å². The quantitative estimate of drug-likeness (QED) is 0.225. The molecular formula is C21H26N4O6. The van der Waals surface area contributed by atoms with Gasteiger partial charge in [0, 0.05) is 38.3 Å². The van der Waals surface area contributed by atoms with Gasteiger partial charge in [-0.25, -0.2) is 0 Å². The number of benzene rings is 2. The van der Waals surface area contributed by atoms with E-state index in [0.717, 1.165) is 5.56 Å². The summed E-state index contributed by atoms with van der Waals surface area (Å²) in [6.45, 7) is 2.35. The van der Waals surface area contributed by atoms with Crippen LogP contribution < -0.4 is 20.7 Å². The van der Waals surface area contributed by atoms with Crippen molar-refractivity contribution < 1.29 is 24.4 Å². The minimum atomic E-state index is -0.863. The van der Waals surface area contributed by atoms with Crippen molar-refractivity contribution in [2.24, 2.45) is 0 Å². The summed E-state index contributed by atoms with van der Waals surface area (Å²) in [5.74, 6) is -0.200. The van der Waals surface area contributed by atoms with Gasteiger partial charge in [-0.3, -0.25) is 19.7 Å². The van der Waals surface area contributed by atoms with Crippen LogP contribution in [0.5, 0.6) is 5.75 Å². The third-order valence-corrected chi connectivity index (χ3v) is 4.14. The monoisotopic (exact) mass is 430 g/mol. The molecule has 0 aromatic heterocycles. The topological polar surface area (TPSA) is 143 Å². The number of anilines is 1. The van der Waals surface area contributed by atoms with Crippen molar-refractivity contribution in [3.05, 3.63) is 64.2 Å². The minimum Gasteiger partial charge on any atom is -0.484 e. The van der Waals surface area contributed by atoms with Gasteiger partial charge in [0.25, 0.3) is 0 Å². The van der Waals surface area contributed by atoms with Crippen molar-refractivity contribution in [2.75, 3.05) is 31.6 Å². The molecule has 2 aromatic rings. The number of carbonyl (C=O) groups is 2. The van der Waals surface area contributed by atoms with E-state index in [2.05, 4.69) is 16.0 Å². The van der Waals surface area contributed by atoms with Gasteiger partial charge >= 0.3 is 5.69 Å². The Labute approximate surface area is 179 Å². The van der Waals surface area contributed by atoms with Crippen LogP contribution in [0.3, 0.4) is 0 Å². The van der Waals surface area contributed by atoms with E-state index in [1.54, 1.807) is 30.3 Å². The summed E-state index contributed by atoms with van der Waals surface area (Å²) in [7, 11) is 0. The Kier molecular flexibility index (Phi) is 9.40. The SMILES string of the molecule is CC(=O)Nc1ccc(CC(=O)NCCNCC(O)COc2ccccc2[N+](=O)[O-])cc1. The highest BCUT2D eigenvalue weighted by atomic mass is 16.6. The zero-order valence-corrected chi connectivity index (χ0v) is 17.2. The molecule has 2 aromatic carbocycles. The molecule has 0 saturated heterocycles. The first-order valence-electron chi connectivity index (χ1n) is 9.73. The lowest BCUT2D eigenvalue weighted by Gasteiger charge is -2.13. The lowest BCUT2D eigenvalue weighted by atomic mass is 10.1. The Balaban J connectivity index is 1.60. The predicted octanol–water partition coefficient (Wildman–Crippen LogP) is 1.24. The maximum Gasteiger partial charge on any atom is 0.310 e. The standard InChI is InChI=1S/C21H26N4O6/c1-15(26)24-17-8-6-16(7-9-17)12-21(28)23-11-10-22-13-18(27)14-31-20-5-3-2-4-19(20)25(29)30/h2-9,18,22,27H,10-14H2,1H3,(H,23,28)(H,24,26). The van der Waals surface area contributed by atoms with Gasteiger partial charge in [0.1, 0.15) is 12.7 Å². The summed E-state index contributed by atoms with van der Waals surface area (Å²) >= 11 is 0. The molecule has 4 N–H and O–H groups in total. The van der Waals surface area contributed by atoms with E-state index in [0.29, 0.717) is 18.8 Å². The maximum atomic E-state index is 12.0. The minimum absolute atomic E-state index is 0.0985. The zero-order chi connectivity index (χ0) is 22.6. The fourth-order valence-electron chi connectivity index (χ4n) is 2.69. The lowest BCUT2D eigenvalue weighted by molar-refractivity contribution is -0.385. The number of carbonyl (C=O) groups excluding carboxylic acids is 2. The second kappa shape index (κ2) is 12.3. The fraction of sp³-hybridized carbons (Fsp3) is 0.333. The van der Waals surface area contributed by atoms with Crippen LogP contribution in [0.2, 0.25) is 0 Å². The van der Waals surface area contributed by atoms with Gasteiger partial charge in [0.05, 0.1) is 11.3 Å². The van der Waals surface area contributed by atoms with E-state index >= 15 is 0 Å². The Morgan fingerprint density at radius 1 is 1.13 bits per heavy atom. The molecule has 2 rings (SSSR count). The smallest absolute Gasteiger partial charge is 0.310 e. The summed E-state index contributed by atoms with van der Waals surface area (Å²) < 4.78 is 5.33. The van der Waals surface area contributed by atoms with Crippen LogP contribution in [0.4, 0.5) is 11.4 Å². The van der Waals surface area contributed by atoms with Crippen molar-refractivity contribution in [1.29, 1.82) is 0 Å². The van der Waals surface area contributed by atoms with E-state index in [9.17, 15) is 24.8 Å². The van der Waals surface area contributed by atoms with Crippen molar-refractivity contribution in [3.8, 4) is 5.75 Å². The summed E-state index contributed by atoms with van der Waals surface area (Å²) in [4.78, 5) is 33.4. The predicted molar refractivity (Wildman–Crippen MR) is 115 cm³/mol. The van der Waals surface area contributed by atoms with Crippen LogP contribution >= 0.6 is 0 Å². The maximum absolute atomic E-state index is 12.0. The molecule has 1 atom stereocenters. The first-order chi connectivity index (χ1) is 14.8. The number of amides is 2.